The normalized spacial score (nSPS) is 15.8. The Labute approximate surface area is 118 Å². The average Bonchev–Trinajstić information content (AvgIpc) is 2.82. The maximum atomic E-state index is 3.54. The van der Waals surface area contributed by atoms with Gasteiger partial charge in [0, 0.05) is 0 Å². The van der Waals surface area contributed by atoms with E-state index in [0.29, 0.717) is 0 Å². The molecule has 1 N–H and O–H groups in total. The number of benzene rings is 1. The first-order valence-corrected chi connectivity index (χ1v) is 7.96. The van der Waals surface area contributed by atoms with Crippen molar-refractivity contribution in [3.05, 3.63) is 34.9 Å². The van der Waals surface area contributed by atoms with Gasteiger partial charge in [0.25, 0.3) is 0 Å². The van der Waals surface area contributed by atoms with E-state index in [9.17, 15) is 0 Å². The van der Waals surface area contributed by atoms with Crippen molar-refractivity contribution >= 4 is 0 Å². The zero-order valence-corrected chi connectivity index (χ0v) is 12.8. The smallest absolute Gasteiger partial charge is 0.00258 e. The molecule has 0 spiro atoms. The first kappa shape index (κ1) is 14.6. The Morgan fingerprint density at radius 3 is 2.68 bits per heavy atom. The molecule has 1 nitrogen and oxygen atoms in total. The summed E-state index contributed by atoms with van der Waals surface area (Å²) in [6.07, 6.45) is 6.46. The molecule has 0 amide bonds. The van der Waals surface area contributed by atoms with Crippen LogP contribution in [0.1, 0.15) is 50.3 Å². The number of hydrogen-bond donors (Lipinski definition) is 1. The molecule has 19 heavy (non-hydrogen) atoms. The molecule has 1 aliphatic rings. The summed E-state index contributed by atoms with van der Waals surface area (Å²) < 4.78 is 0. The van der Waals surface area contributed by atoms with Crippen LogP contribution in [0, 0.1) is 11.8 Å². The van der Waals surface area contributed by atoms with Gasteiger partial charge in [0.1, 0.15) is 0 Å². The van der Waals surface area contributed by atoms with Crippen LogP contribution in [0.4, 0.5) is 0 Å². The second-order valence-electron chi connectivity index (χ2n) is 6.65. The molecule has 0 fully saturated rings. The van der Waals surface area contributed by atoms with Crippen LogP contribution in [0.2, 0.25) is 0 Å². The molecule has 1 aromatic carbocycles. The topological polar surface area (TPSA) is 12.0 Å². The number of nitrogens with one attached hydrogen (secondary N) is 1. The van der Waals surface area contributed by atoms with Crippen LogP contribution in [-0.4, -0.2) is 13.1 Å². The maximum absolute atomic E-state index is 3.54. The molecular weight excluding hydrogens is 230 g/mol. The van der Waals surface area contributed by atoms with Crippen molar-refractivity contribution < 1.29 is 0 Å². The molecule has 0 aromatic heterocycles. The minimum absolute atomic E-state index is 0.756. The zero-order chi connectivity index (χ0) is 13.7. The molecule has 106 valence electrons. The van der Waals surface area contributed by atoms with Crippen molar-refractivity contribution in [3.8, 4) is 0 Å². The van der Waals surface area contributed by atoms with Gasteiger partial charge >= 0.3 is 0 Å². The lowest BCUT2D eigenvalue weighted by Crippen LogP contribution is -2.22. The van der Waals surface area contributed by atoms with Gasteiger partial charge in [0.05, 0.1) is 0 Å². The third kappa shape index (κ3) is 4.65. The van der Waals surface area contributed by atoms with Gasteiger partial charge in [0.2, 0.25) is 0 Å². The van der Waals surface area contributed by atoms with E-state index in [1.165, 1.54) is 37.7 Å². The van der Waals surface area contributed by atoms with Crippen LogP contribution in [0.15, 0.2) is 18.2 Å². The molecule has 1 heteroatoms. The second-order valence-corrected chi connectivity index (χ2v) is 6.65. The summed E-state index contributed by atoms with van der Waals surface area (Å²) in [5.74, 6) is 1.53. The van der Waals surface area contributed by atoms with E-state index in [1.807, 2.05) is 0 Å². The van der Waals surface area contributed by atoms with E-state index in [-0.39, 0.29) is 0 Å². The number of hydrogen-bond acceptors (Lipinski definition) is 1. The largest absolute Gasteiger partial charge is 0.316 e. The molecular formula is C18H29N. The van der Waals surface area contributed by atoms with Gasteiger partial charge in [-0.15, -0.1) is 0 Å². The Balaban J connectivity index is 1.74. The fourth-order valence-corrected chi connectivity index (χ4v) is 3.00. The molecule has 0 radical (unpaired) electrons. The lowest BCUT2D eigenvalue weighted by atomic mass is 9.95. The standard InChI is InChI=1S/C18H29N/c1-14(2)13-19-10-9-15(3)11-16-7-8-17-5-4-6-18(17)12-16/h7-8,12,14-15,19H,4-6,9-11,13H2,1-3H3. The summed E-state index contributed by atoms with van der Waals surface area (Å²) in [5, 5.41) is 3.54. The summed E-state index contributed by atoms with van der Waals surface area (Å²) in [4.78, 5) is 0. The molecule has 1 aromatic rings. The number of fused-ring (bicyclic) bond motifs is 1. The molecule has 0 saturated carbocycles. The van der Waals surface area contributed by atoms with Crippen LogP contribution in [0.25, 0.3) is 0 Å². The van der Waals surface area contributed by atoms with Crippen molar-refractivity contribution in [1.29, 1.82) is 0 Å². The molecule has 0 heterocycles. The Morgan fingerprint density at radius 2 is 1.89 bits per heavy atom. The minimum atomic E-state index is 0.756. The number of rotatable bonds is 7. The highest BCUT2D eigenvalue weighted by atomic mass is 14.8. The molecule has 1 aliphatic carbocycles. The highest BCUT2D eigenvalue weighted by molar-refractivity contribution is 5.35. The van der Waals surface area contributed by atoms with Gasteiger partial charge in [0.15, 0.2) is 0 Å². The quantitative estimate of drug-likeness (QED) is 0.730. The van der Waals surface area contributed by atoms with Crippen LogP contribution in [0.3, 0.4) is 0 Å². The van der Waals surface area contributed by atoms with Gasteiger partial charge in [-0.1, -0.05) is 39.0 Å². The van der Waals surface area contributed by atoms with Crippen LogP contribution < -0.4 is 5.32 Å². The molecule has 0 aliphatic heterocycles. The van der Waals surface area contributed by atoms with Crippen LogP contribution >= 0.6 is 0 Å². The monoisotopic (exact) mass is 259 g/mol. The fraction of sp³-hybridized carbons (Fsp3) is 0.667. The van der Waals surface area contributed by atoms with Crippen molar-refractivity contribution in [1.82, 2.24) is 5.32 Å². The summed E-state index contributed by atoms with van der Waals surface area (Å²) in [7, 11) is 0. The van der Waals surface area contributed by atoms with E-state index >= 15 is 0 Å². The molecule has 0 bridgehead atoms. The van der Waals surface area contributed by atoms with Crippen molar-refractivity contribution in [2.24, 2.45) is 11.8 Å². The van der Waals surface area contributed by atoms with Gasteiger partial charge in [-0.25, -0.2) is 0 Å². The molecule has 2 rings (SSSR count). The van der Waals surface area contributed by atoms with Gasteiger partial charge < -0.3 is 5.32 Å². The summed E-state index contributed by atoms with van der Waals surface area (Å²) in [6, 6.07) is 7.17. The fourth-order valence-electron chi connectivity index (χ4n) is 3.00. The highest BCUT2D eigenvalue weighted by Crippen LogP contribution is 2.24. The van der Waals surface area contributed by atoms with E-state index in [4.69, 9.17) is 0 Å². The Hall–Kier alpha value is -0.820. The first-order chi connectivity index (χ1) is 9.15. The maximum Gasteiger partial charge on any atom is -0.00258 e. The summed E-state index contributed by atoms with van der Waals surface area (Å²) >= 11 is 0. The lowest BCUT2D eigenvalue weighted by Gasteiger charge is -2.14. The highest BCUT2D eigenvalue weighted by Gasteiger charge is 2.12. The van der Waals surface area contributed by atoms with Gasteiger partial charge in [-0.05, 0) is 73.7 Å². The lowest BCUT2D eigenvalue weighted by molar-refractivity contribution is 0.474. The Morgan fingerprint density at radius 1 is 1.11 bits per heavy atom. The Kier molecular flexibility index (Phi) is 5.45. The summed E-state index contributed by atoms with van der Waals surface area (Å²) in [6.45, 7) is 9.21. The minimum Gasteiger partial charge on any atom is -0.316 e. The zero-order valence-electron chi connectivity index (χ0n) is 12.8. The van der Waals surface area contributed by atoms with E-state index in [2.05, 4.69) is 44.3 Å². The van der Waals surface area contributed by atoms with Crippen LogP contribution in [0.5, 0.6) is 0 Å². The average molecular weight is 259 g/mol. The van der Waals surface area contributed by atoms with Crippen molar-refractivity contribution in [2.45, 2.75) is 52.9 Å². The predicted octanol–water partition coefficient (Wildman–Crippen LogP) is 3.99. The Bertz CT molecular complexity index is 395. The number of aryl methyl sites for hydroxylation is 2. The summed E-state index contributed by atoms with van der Waals surface area (Å²) in [5.41, 5.74) is 4.75. The molecule has 1 unspecified atom stereocenters. The molecule has 1 atom stereocenters. The van der Waals surface area contributed by atoms with Crippen molar-refractivity contribution in [2.75, 3.05) is 13.1 Å². The third-order valence-corrected chi connectivity index (χ3v) is 4.11. The molecule has 0 saturated heterocycles. The van der Waals surface area contributed by atoms with E-state index < -0.39 is 0 Å². The first-order valence-electron chi connectivity index (χ1n) is 7.96. The predicted molar refractivity (Wildman–Crippen MR) is 83.7 cm³/mol. The van der Waals surface area contributed by atoms with Crippen LogP contribution in [-0.2, 0) is 19.3 Å². The third-order valence-electron chi connectivity index (χ3n) is 4.11. The SMILES string of the molecule is CC(C)CNCCC(C)Cc1ccc2c(c1)CCC2. The van der Waals surface area contributed by atoms with E-state index in [1.54, 1.807) is 11.1 Å². The van der Waals surface area contributed by atoms with E-state index in [0.717, 1.165) is 24.9 Å². The second kappa shape index (κ2) is 7.09. The van der Waals surface area contributed by atoms with Gasteiger partial charge in [-0.2, -0.15) is 0 Å². The van der Waals surface area contributed by atoms with Crippen molar-refractivity contribution in [3.63, 3.8) is 0 Å². The van der Waals surface area contributed by atoms with Gasteiger partial charge in [-0.3, -0.25) is 0 Å².